The molecule has 5 heteroatoms. The van der Waals surface area contributed by atoms with E-state index in [1.807, 2.05) is 20.8 Å². The fraction of sp³-hybridized carbons (Fsp3) is 0.600. The summed E-state index contributed by atoms with van der Waals surface area (Å²) in [7, 11) is -3.45. The van der Waals surface area contributed by atoms with E-state index in [0.717, 1.165) is 5.56 Å². The number of hydrogen-bond donors (Lipinski definition) is 2. The number of aliphatic hydroxyl groups excluding tert-OH is 1. The average molecular weight is 299 g/mol. The Kier molecular flexibility index (Phi) is 5.35. The number of rotatable bonds is 5. The maximum Gasteiger partial charge on any atom is 0.240 e. The summed E-state index contributed by atoms with van der Waals surface area (Å²) in [4.78, 5) is 0.250. The van der Waals surface area contributed by atoms with Gasteiger partial charge in [-0.05, 0) is 43.4 Å². The Morgan fingerprint density at radius 2 is 1.65 bits per heavy atom. The van der Waals surface area contributed by atoms with Crippen LogP contribution in [-0.2, 0) is 16.4 Å². The summed E-state index contributed by atoms with van der Waals surface area (Å²) in [6.45, 7) is 9.49. The van der Waals surface area contributed by atoms with E-state index >= 15 is 0 Å². The molecule has 4 nitrogen and oxygen atoms in total. The van der Waals surface area contributed by atoms with Crippen LogP contribution in [0.4, 0.5) is 0 Å². The van der Waals surface area contributed by atoms with Crippen molar-refractivity contribution in [3.63, 3.8) is 0 Å². The van der Waals surface area contributed by atoms with Crippen LogP contribution in [0.1, 0.15) is 40.2 Å². The van der Waals surface area contributed by atoms with E-state index in [-0.39, 0.29) is 16.4 Å². The molecule has 1 atom stereocenters. The molecule has 0 radical (unpaired) electrons. The van der Waals surface area contributed by atoms with Crippen molar-refractivity contribution in [3.8, 4) is 0 Å². The molecule has 0 bridgehead atoms. The molecule has 0 aliphatic carbocycles. The van der Waals surface area contributed by atoms with Gasteiger partial charge >= 0.3 is 0 Å². The minimum Gasteiger partial charge on any atom is -0.392 e. The van der Waals surface area contributed by atoms with Crippen LogP contribution in [0.15, 0.2) is 29.2 Å². The highest BCUT2D eigenvalue weighted by Crippen LogP contribution is 2.23. The standard InChI is InChI=1S/C15H25NO3S/c1-11(2)16-20(18,19)13-8-6-12(7-9-13)10-14(17)15(3,4)5/h6-9,11,14,16-17H,10H2,1-5H3. The first-order valence-electron chi connectivity index (χ1n) is 6.82. The third-order valence-corrected chi connectivity index (χ3v) is 4.73. The number of aliphatic hydroxyl groups is 1. The van der Waals surface area contributed by atoms with Crippen molar-refractivity contribution in [1.82, 2.24) is 4.72 Å². The largest absolute Gasteiger partial charge is 0.392 e. The average Bonchev–Trinajstić information content (AvgIpc) is 2.26. The number of hydrogen-bond acceptors (Lipinski definition) is 3. The van der Waals surface area contributed by atoms with Crippen molar-refractivity contribution >= 4 is 10.0 Å². The van der Waals surface area contributed by atoms with E-state index in [1.54, 1.807) is 38.1 Å². The van der Waals surface area contributed by atoms with Crippen LogP contribution in [0, 0.1) is 5.41 Å². The van der Waals surface area contributed by atoms with Crippen LogP contribution < -0.4 is 4.72 Å². The predicted molar refractivity (Wildman–Crippen MR) is 81.1 cm³/mol. The smallest absolute Gasteiger partial charge is 0.240 e. The first-order chi connectivity index (χ1) is 9.02. The van der Waals surface area contributed by atoms with Gasteiger partial charge in [-0.1, -0.05) is 32.9 Å². The van der Waals surface area contributed by atoms with Gasteiger partial charge in [0.25, 0.3) is 0 Å². The summed E-state index contributed by atoms with van der Waals surface area (Å²) in [6.07, 6.45) is 0.0558. The lowest BCUT2D eigenvalue weighted by atomic mass is 9.85. The second-order valence-corrected chi connectivity index (χ2v) is 8.22. The first-order valence-corrected chi connectivity index (χ1v) is 8.30. The van der Waals surface area contributed by atoms with Gasteiger partial charge in [-0.2, -0.15) is 0 Å². The third kappa shape index (κ3) is 4.89. The fourth-order valence-corrected chi connectivity index (χ4v) is 2.96. The molecule has 0 amide bonds. The van der Waals surface area contributed by atoms with Gasteiger partial charge in [0.1, 0.15) is 0 Å². The highest BCUT2D eigenvalue weighted by Gasteiger charge is 2.22. The Hall–Kier alpha value is -0.910. The van der Waals surface area contributed by atoms with Crippen LogP contribution >= 0.6 is 0 Å². The summed E-state index contributed by atoms with van der Waals surface area (Å²) < 4.78 is 26.5. The van der Waals surface area contributed by atoms with E-state index < -0.39 is 16.1 Å². The Bertz CT molecular complexity index is 527. The van der Waals surface area contributed by atoms with Crippen LogP contribution in [0.3, 0.4) is 0 Å². The summed E-state index contributed by atoms with van der Waals surface area (Å²) in [5, 5.41) is 10.1. The highest BCUT2D eigenvalue weighted by atomic mass is 32.2. The van der Waals surface area contributed by atoms with E-state index in [9.17, 15) is 13.5 Å². The summed E-state index contributed by atoms with van der Waals surface area (Å²) in [5.74, 6) is 0. The normalized spacial score (nSPS) is 14.6. The summed E-state index contributed by atoms with van der Waals surface area (Å²) >= 11 is 0. The van der Waals surface area contributed by atoms with Crippen LogP contribution in [0.2, 0.25) is 0 Å². The van der Waals surface area contributed by atoms with Crippen LogP contribution in [0.25, 0.3) is 0 Å². The summed E-state index contributed by atoms with van der Waals surface area (Å²) in [5.41, 5.74) is 0.736. The molecule has 2 N–H and O–H groups in total. The van der Waals surface area contributed by atoms with Gasteiger partial charge in [0, 0.05) is 6.04 Å². The van der Waals surface area contributed by atoms with Gasteiger partial charge in [0.05, 0.1) is 11.0 Å². The molecular weight excluding hydrogens is 274 g/mol. The maximum atomic E-state index is 12.0. The topological polar surface area (TPSA) is 66.4 Å². The minimum atomic E-state index is -3.45. The number of benzene rings is 1. The van der Waals surface area contributed by atoms with E-state index in [4.69, 9.17) is 0 Å². The number of sulfonamides is 1. The second-order valence-electron chi connectivity index (χ2n) is 6.51. The van der Waals surface area contributed by atoms with E-state index in [2.05, 4.69) is 4.72 Å². The lowest BCUT2D eigenvalue weighted by molar-refractivity contribution is 0.0636. The van der Waals surface area contributed by atoms with Gasteiger partial charge in [-0.25, -0.2) is 13.1 Å². The van der Waals surface area contributed by atoms with E-state index in [1.165, 1.54) is 0 Å². The fourth-order valence-electron chi connectivity index (χ4n) is 1.71. The zero-order valence-electron chi connectivity index (χ0n) is 12.8. The number of nitrogens with one attached hydrogen (secondary N) is 1. The van der Waals surface area contributed by atoms with Crippen molar-refractivity contribution in [2.45, 2.75) is 58.1 Å². The molecular formula is C15H25NO3S. The molecule has 0 fully saturated rings. The molecule has 1 unspecified atom stereocenters. The second kappa shape index (κ2) is 6.24. The first kappa shape index (κ1) is 17.1. The van der Waals surface area contributed by atoms with Crippen molar-refractivity contribution in [2.24, 2.45) is 5.41 Å². The molecule has 0 saturated heterocycles. The van der Waals surface area contributed by atoms with Crippen molar-refractivity contribution in [3.05, 3.63) is 29.8 Å². The molecule has 1 aromatic carbocycles. The predicted octanol–water partition coefficient (Wildman–Crippen LogP) is 2.32. The van der Waals surface area contributed by atoms with E-state index in [0.29, 0.717) is 6.42 Å². The van der Waals surface area contributed by atoms with Gasteiger partial charge in [0.15, 0.2) is 0 Å². The van der Waals surface area contributed by atoms with Gasteiger partial charge < -0.3 is 5.11 Å². The molecule has 0 aliphatic rings. The molecule has 1 rings (SSSR count). The monoisotopic (exact) mass is 299 g/mol. The van der Waals surface area contributed by atoms with Crippen LogP contribution in [0.5, 0.6) is 0 Å². The lowest BCUT2D eigenvalue weighted by Crippen LogP contribution is -2.30. The van der Waals surface area contributed by atoms with Crippen molar-refractivity contribution in [2.75, 3.05) is 0 Å². The molecule has 0 aliphatic heterocycles. The molecule has 20 heavy (non-hydrogen) atoms. The Balaban J connectivity index is 2.85. The molecule has 0 spiro atoms. The minimum absolute atomic E-state index is 0.137. The van der Waals surface area contributed by atoms with Gasteiger partial charge in [-0.3, -0.25) is 0 Å². The molecule has 114 valence electrons. The molecule has 0 heterocycles. The van der Waals surface area contributed by atoms with Crippen LogP contribution in [-0.4, -0.2) is 25.7 Å². The van der Waals surface area contributed by atoms with Gasteiger partial charge in [-0.15, -0.1) is 0 Å². The van der Waals surface area contributed by atoms with Gasteiger partial charge in [0.2, 0.25) is 10.0 Å². The Labute approximate surface area is 122 Å². The van der Waals surface area contributed by atoms with Crippen molar-refractivity contribution in [1.29, 1.82) is 0 Å². The zero-order valence-corrected chi connectivity index (χ0v) is 13.7. The highest BCUT2D eigenvalue weighted by molar-refractivity contribution is 7.89. The maximum absolute atomic E-state index is 12.0. The quantitative estimate of drug-likeness (QED) is 0.877. The SMILES string of the molecule is CC(C)NS(=O)(=O)c1ccc(CC(O)C(C)(C)C)cc1. The molecule has 0 saturated carbocycles. The Morgan fingerprint density at radius 1 is 1.15 bits per heavy atom. The Morgan fingerprint density at radius 3 is 2.05 bits per heavy atom. The molecule has 1 aromatic rings. The third-order valence-electron chi connectivity index (χ3n) is 3.05. The lowest BCUT2D eigenvalue weighted by Gasteiger charge is -2.25. The summed E-state index contributed by atoms with van der Waals surface area (Å²) in [6, 6.07) is 6.53. The zero-order chi connectivity index (χ0) is 15.6. The van der Waals surface area contributed by atoms with Crippen molar-refractivity contribution < 1.29 is 13.5 Å². The molecule has 0 aromatic heterocycles.